The molecule has 214 valence electrons. The number of benzene rings is 2. The zero-order chi connectivity index (χ0) is 27.7. The highest BCUT2D eigenvalue weighted by Gasteiger charge is 2.39. The van der Waals surface area contributed by atoms with Crippen LogP contribution in [-0.2, 0) is 17.8 Å². The number of aryl methyl sites for hydroxylation is 1. The minimum atomic E-state index is -0.544. The first-order chi connectivity index (χ1) is 19.6. The molecule has 40 heavy (non-hydrogen) atoms. The summed E-state index contributed by atoms with van der Waals surface area (Å²) in [7, 11) is 0. The van der Waals surface area contributed by atoms with Gasteiger partial charge in [0.15, 0.2) is 0 Å². The van der Waals surface area contributed by atoms with Crippen LogP contribution in [0.25, 0.3) is 0 Å². The van der Waals surface area contributed by atoms with E-state index in [-0.39, 0.29) is 5.92 Å². The number of likely N-dealkylation sites (tertiary alicyclic amines) is 1. The Morgan fingerprint density at radius 1 is 0.900 bits per heavy atom. The Labute approximate surface area is 240 Å². The number of hydrogen-bond acceptors (Lipinski definition) is 3. The molecule has 0 spiro atoms. The second-order valence-electron chi connectivity index (χ2n) is 12.3. The van der Waals surface area contributed by atoms with Crippen LogP contribution >= 0.6 is 0 Å². The van der Waals surface area contributed by atoms with Gasteiger partial charge in [0.25, 0.3) is 0 Å². The van der Waals surface area contributed by atoms with Crippen molar-refractivity contribution in [2.24, 2.45) is 23.7 Å². The van der Waals surface area contributed by atoms with E-state index in [4.69, 9.17) is 5.10 Å². The fraction of sp³-hybridized carbons (Fsp3) is 0.543. The molecule has 1 saturated heterocycles. The van der Waals surface area contributed by atoms with E-state index in [2.05, 4.69) is 52.9 Å². The highest BCUT2D eigenvalue weighted by molar-refractivity contribution is 5.70. The van der Waals surface area contributed by atoms with E-state index in [9.17, 15) is 9.90 Å². The van der Waals surface area contributed by atoms with Gasteiger partial charge in [-0.05, 0) is 87.9 Å². The highest BCUT2D eigenvalue weighted by atomic mass is 16.4. The third kappa shape index (κ3) is 8.06. The van der Waals surface area contributed by atoms with Crippen LogP contribution in [0.4, 0.5) is 0 Å². The summed E-state index contributed by atoms with van der Waals surface area (Å²) in [6.07, 6.45) is 10.2. The first-order valence-corrected chi connectivity index (χ1v) is 15.6. The predicted molar refractivity (Wildman–Crippen MR) is 161 cm³/mol. The van der Waals surface area contributed by atoms with Crippen molar-refractivity contribution < 1.29 is 9.90 Å². The Bertz CT molecular complexity index is 1140. The van der Waals surface area contributed by atoms with Crippen LogP contribution in [0.3, 0.4) is 0 Å². The molecule has 2 aromatic carbocycles. The van der Waals surface area contributed by atoms with Gasteiger partial charge in [-0.2, -0.15) is 5.10 Å². The number of carbonyl (C=O) groups is 1. The van der Waals surface area contributed by atoms with Gasteiger partial charge in [0.05, 0.1) is 11.6 Å². The molecule has 3 atom stereocenters. The number of rotatable bonds is 10. The molecule has 3 fully saturated rings. The van der Waals surface area contributed by atoms with Crippen LogP contribution in [0.15, 0.2) is 72.8 Å². The summed E-state index contributed by atoms with van der Waals surface area (Å²) in [4.78, 5) is 14.5. The lowest BCUT2D eigenvalue weighted by atomic mass is 9.85. The zero-order valence-electron chi connectivity index (χ0n) is 24.2. The van der Waals surface area contributed by atoms with Crippen LogP contribution in [0, 0.1) is 23.7 Å². The lowest BCUT2D eigenvalue weighted by molar-refractivity contribution is -0.144. The van der Waals surface area contributed by atoms with E-state index >= 15 is 0 Å². The molecule has 1 aliphatic heterocycles. The first kappa shape index (κ1) is 28.6. The van der Waals surface area contributed by atoms with Gasteiger partial charge in [-0.1, -0.05) is 79.6 Å². The van der Waals surface area contributed by atoms with E-state index in [1.807, 2.05) is 36.4 Å². The molecule has 2 aliphatic carbocycles. The van der Waals surface area contributed by atoms with Crippen LogP contribution in [0.2, 0.25) is 0 Å². The van der Waals surface area contributed by atoms with Gasteiger partial charge in [0.1, 0.15) is 0 Å². The van der Waals surface area contributed by atoms with Gasteiger partial charge in [-0.3, -0.25) is 9.48 Å². The van der Waals surface area contributed by atoms with Crippen LogP contribution in [0.5, 0.6) is 0 Å². The van der Waals surface area contributed by atoms with Crippen molar-refractivity contribution in [2.45, 2.75) is 77.2 Å². The molecule has 3 unspecified atom stereocenters. The molecule has 2 saturated carbocycles. The first-order valence-electron chi connectivity index (χ1n) is 15.6. The summed E-state index contributed by atoms with van der Waals surface area (Å²) < 4.78 is 2.23. The third-order valence-electron chi connectivity index (χ3n) is 9.33. The molecule has 1 aromatic heterocycles. The van der Waals surface area contributed by atoms with Crippen molar-refractivity contribution in [3.8, 4) is 0 Å². The Kier molecular flexibility index (Phi) is 10.1. The van der Waals surface area contributed by atoms with E-state index in [0.29, 0.717) is 23.7 Å². The molecule has 5 nitrogen and oxygen atoms in total. The van der Waals surface area contributed by atoms with Crippen molar-refractivity contribution in [1.29, 1.82) is 0 Å². The fourth-order valence-electron chi connectivity index (χ4n) is 6.97. The van der Waals surface area contributed by atoms with Crippen molar-refractivity contribution in [3.63, 3.8) is 0 Å². The maximum Gasteiger partial charge on any atom is 0.306 e. The molecule has 6 rings (SSSR count). The molecule has 3 aromatic rings. The van der Waals surface area contributed by atoms with Crippen LogP contribution in [0.1, 0.15) is 81.2 Å². The molecule has 2 heterocycles. The standard InChI is InChI=1S/C29H41N3O2.C6H6/c1-2-32-28(19-26(30-32)17-21-6-4-3-5-7-21)24-12-14-31(15-13-24)20-23-10-11-25(16-23)27(29(33)34)18-22-8-9-22;1-2-4-6-5-3-1/h3-7,19,22-25,27H,2,8-18,20H2,1H3,(H,33,34);1-6H. The van der Waals surface area contributed by atoms with E-state index < -0.39 is 5.97 Å². The average molecular weight is 542 g/mol. The van der Waals surface area contributed by atoms with E-state index in [1.165, 1.54) is 49.1 Å². The maximum atomic E-state index is 11.9. The largest absolute Gasteiger partial charge is 0.481 e. The molecule has 3 aliphatic rings. The fourth-order valence-corrected chi connectivity index (χ4v) is 6.97. The van der Waals surface area contributed by atoms with Gasteiger partial charge in [-0.15, -0.1) is 0 Å². The summed E-state index contributed by atoms with van der Waals surface area (Å²) in [5, 5.41) is 14.7. The Morgan fingerprint density at radius 2 is 1.52 bits per heavy atom. The number of hydrogen-bond donors (Lipinski definition) is 1. The van der Waals surface area contributed by atoms with Crippen molar-refractivity contribution in [1.82, 2.24) is 14.7 Å². The number of aromatic nitrogens is 2. The lowest BCUT2D eigenvalue weighted by Gasteiger charge is -2.33. The van der Waals surface area contributed by atoms with Crippen molar-refractivity contribution in [3.05, 3.63) is 89.7 Å². The monoisotopic (exact) mass is 541 g/mol. The smallest absolute Gasteiger partial charge is 0.306 e. The summed E-state index contributed by atoms with van der Waals surface area (Å²) in [5.74, 6) is 1.74. The quantitative estimate of drug-likeness (QED) is 0.293. The van der Waals surface area contributed by atoms with Crippen molar-refractivity contribution >= 4 is 5.97 Å². The average Bonchev–Trinajstić information content (AvgIpc) is 3.55. The Hall–Kier alpha value is -2.92. The lowest BCUT2D eigenvalue weighted by Crippen LogP contribution is -2.36. The maximum absolute atomic E-state index is 11.9. The molecule has 0 bridgehead atoms. The normalized spacial score (nSPS) is 22.4. The minimum Gasteiger partial charge on any atom is -0.481 e. The highest BCUT2D eigenvalue weighted by Crippen LogP contribution is 2.44. The third-order valence-corrected chi connectivity index (χ3v) is 9.33. The summed E-state index contributed by atoms with van der Waals surface area (Å²) in [6, 6.07) is 25.0. The zero-order valence-corrected chi connectivity index (χ0v) is 24.2. The van der Waals surface area contributed by atoms with Gasteiger partial charge < -0.3 is 10.0 Å². The number of piperidine rings is 1. The Morgan fingerprint density at radius 3 is 2.12 bits per heavy atom. The molecule has 0 amide bonds. The molecule has 0 radical (unpaired) electrons. The number of nitrogens with zero attached hydrogens (tertiary/aromatic N) is 3. The van der Waals surface area contributed by atoms with E-state index in [0.717, 1.165) is 51.9 Å². The topological polar surface area (TPSA) is 58.4 Å². The van der Waals surface area contributed by atoms with Crippen LogP contribution in [-0.4, -0.2) is 45.4 Å². The summed E-state index contributed by atoms with van der Waals surface area (Å²) >= 11 is 0. The second-order valence-corrected chi connectivity index (χ2v) is 12.3. The number of aliphatic carboxylic acids is 1. The molecular formula is C35H47N3O2. The molecule has 5 heteroatoms. The number of carboxylic acids is 1. The molecular weight excluding hydrogens is 494 g/mol. The van der Waals surface area contributed by atoms with Crippen LogP contribution < -0.4 is 0 Å². The number of carboxylic acid groups (broad SMARTS) is 1. The van der Waals surface area contributed by atoms with E-state index in [1.54, 1.807) is 0 Å². The molecule has 1 N–H and O–H groups in total. The van der Waals surface area contributed by atoms with Crippen molar-refractivity contribution in [2.75, 3.05) is 19.6 Å². The summed E-state index contributed by atoms with van der Waals surface area (Å²) in [6.45, 7) is 6.59. The second kappa shape index (κ2) is 14.1. The summed E-state index contributed by atoms with van der Waals surface area (Å²) in [5.41, 5.74) is 3.92. The minimum absolute atomic E-state index is 0.0948. The van der Waals surface area contributed by atoms with Gasteiger partial charge in [-0.25, -0.2) is 0 Å². The predicted octanol–water partition coefficient (Wildman–Crippen LogP) is 7.28. The van der Waals surface area contributed by atoms with Gasteiger partial charge in [0, 0.05) is 31.1 Å². The van der Waals surface area contributed by atoms with Gasteiger partial charge >= 0.3 is 5.97 Å². The SMILES string of the molecule is CCn1nc(Cc2ccccc2)cc1C1CCN(CC2CCC(C(CC3CC3)C(=O)O)C2)CC1.c1ccccc1. The Balaban J connectivity index is 0.000000477. The van der Waals surface area contributed by atoms with Gasteiger partial charge in [0.2, 0.25) is 0 Å².